The number of para-hydroxylation sites is 6. The number of aromatic nitrogens is 1. The molecule has 336 valence electrons. The van der Waals surface area contributed by atoms with Gasteiger partial charge in [0.15, 0.2) is 11.2 Å². The van der Waals surface area contributed by atoms with Gasteiger partial charge < -0.3 is 23.0 Å². The fourth-order valence-electron chi connectivity index (χ4n) is 11.5. The molecule has 71 heavy (non-hydrogen) atoms. The first-order valence-electron chi connectivity index (χ1n) is 24.5. The van der Waals surface area contributed by atoms with Gasteiger partial charge in [0.25, 0.3) is 0 Å². The molecule has 0 aliphatic carbocycles. The molecule has 0 radical (unpaired) electrons. The number of rotatable bonds is 6. The Morgan fingerprint density at radius 1 is 0.338 bits per heavy atom. The molecule has 15 rings (SSSR count). The SMILES string of the molecule is CC(C)(C)c1cc2c3cc4ccc(N(c5ccccc5)c5cccc6c5oc5ccccc56)cc4cc3n3c4cc5cc(N(c6ccccc6)c6cccc7c6oc6ccccc67)ccc5cc4c(c1)c23. The van der Waals surface area contributed by atoms with E-state index in [-0.39, 0.29) is 5.41 Å². The van der Waals surface area contributed by atoms with Gasteiger partial charge in [0, 0.05) is 65.8 Å². The largest absolute Gasteiger partial charge is 0.454 e. The zero-order valence-electron chi connectivity index (χ0n) is 39.4. The average Bonchev–Trinajstić information content (AvgIpc) is 4.16. The van der Waals surface area contributed by atoms with Crippen LogP contribution in [0.2, 0.25) is 0 Å². The van der Waals surface area contributed by atoms with Crippen LogP contribution in [0.5, 0.6) is 0 Å². The summed E-state index contributed by atoms with van der Waals surface area (Å²) in [7, 11) is 0. The predicted octanol–water partition coefficient (Wildman–Crippen LogP) is 19.2. The number of hydrogen-bond donors (Lipinski definition) is 0. The summed E-state index contributed by atoms with van der Waals surface area (Å²) in [4.78, 5) is 4.67. The van der Waals surface area contributed by atoms with Crippen molar-refractivity contribution in [1.82, 2.24) is 4.40 Å². The minimum atomic E-state index is -0.0491. The Balaban J connectivity index is 0.960. The zero-order valence-corrected chi connectivity index (χ0v) is 39.4. The predicted molar refractivity (Wildman–Crippen MR) is 299 cm³/mol. The number of benzene rings is 11. The lowest BCUT2D eigenvalue weighted by atomic mass is 9.85. The molecule has 0 aliphatic heterocycles. The van der Waals surface area contributed by atoms with Gasteiger partial charge in [-0.1, -0.05) is 130 Å². The summed E-state index contributed by atoms with van der Waals surface area (Å²) in [6.07, 6.45) is 0. The highest BCUT2D eigenvalue weighted by Gasteiger charge is 2.26. The minimum absolute atomic E-state index is 0.0491. The summed E-state index contributed by atoms with van der Waals surface area (Å²) in [6, 6.07) is 79.2. The normalized spacial score (nSPS) is 12.4. The van der Waals surface area contributed by atoms with E-state index in [1.807, 2.05) is 12.1 Å². The van der Waals surface area contributed by atoms with E-state index in [1.165, 1.54) is 65.2 Å². The van der Waals surface area contributed by atoms with Gasteiger partial charge in [0.1, 0.15) is 11.2 Å². The van der Waals surface area contributed by atoms with Crippen LogP contribution < -0.4 is 9.80 Å². The zero-order chi connectivity index (χ0) is 47.1. The number of furan rings is 2. The Morgan fingerprint density at radius 2 is 0.775 bits per heavy atom. The van der Waals surface area contributed by atoms with E-state index in [4.69, 9.17) is 8.83 Å². The highest BCUT2D eigenvalue weighted by atomic mass is 16.3. The topological polar surface area (TPSA) is 37.2 Å². The summed E-state index contributed by atoms with van der Waals surface area (Å²) in [5, 5.41) is 14.2. The summed E-state index contributed by atoms with van der Waals surface area (Å²) in [5.41, 5.74) is 14.7. The molecule has 5 heteroatoms. The Morgan fingerprint density at radius 3 is 1.24 bits per heavy atom. The number of hydrogen-bond acceptors (Lipinski definition) is 4. The molecular weight excluding hydrogens is 867 g/mol. The molecule has 0 fully saturated rings. The van der Waals surface area contributed by atoms with Gasteiger partial charge in [0.05, 0.1) is 27.9 Å². The lowest BCUT2D eigenvalue weighted by Crippen LogP contribution is -2.10. The molecule has 4 heterocycles. The molecule has 0 N–H and O–H groups in total. The maximum Gasteiger partial charge on any atom is 0.159 e. The van der Waals surface area contributed by atoms with Crippen molar-refractivity contribution in [1.29, 1.82) is 0 Å². The third-order valence-corrected chi connectivity index (χ3v) is 14.9. The van der Waals surface area contributed by atoms with Gasteiger partial charge in [0.2, 0.25) is 0 Å². The van der Waals surface area contributed by atoms with Crippen LogP contribution in [0.4, 0.5) is 34.1 Å². The monoisotopic (exact) mass is 911 g/mol. The lowest BCUT2D eigenvalue weighted by molar-refractivity contribution is 0.592. The summed E-state index contributed by atoms with van der Waals surface area (Å²) >= 11 is 0. The van der Waals surface area contributed by atoms with Crippen LogP contribution in [-0.4, -0.2) is 4.40 Å². The minimum Gasteiger partial charge on any atom is -0.454 e. The third kappa shape index (κ3) is 5.93. The first-order chi connectivity index (χ1) is 34.8. The highest BCUT2D eigenvalue weighted by Crippen LogP contribution is 2.48. The van der Waals surface area contributed by atoms with Crippen LogP contribution in [0.15, 0.2) is 227 Å². The molecule has 0 unspecified atom stereocenters. The van der Waals surface area contributed by atoms with Crippen molar-refractivity contribution in [3.05, 3.63) is 224 Å². The van der Waals surface area contributed by atoms with Gasteiger partial charge in [-0.15, -0.1) is 0 Å². The van der Waals surface area contributed by atoms with Gasteiger partial charge >= 0.3 is 0 Å². The van der Waals surface area contributed by atoms with E-state index in [0.717, 1.165) is 78.0 Å². The maximum atomic E-state index is 6.66. The molecule has 15 aromatic rings. The highest BCUT2D eigenvalue weighted by molar-refractivity contribution is 6.26. The van der Waals surface area contributed by atoms with E-state index < -0.39 is 0 Å². The molecular formula is C66H45N3O2. The molecule has 0 amide bonds. The molecule has 0 atom stereocenters. The first kappa shape index (κ1) is 39.9. The molecule has 0 saturated heterocycles. The lowest BCUT2D eigenvalue weighted by Gasteiger charge is -2.26. The van der Waals surface area contributed by atoms with Crippen LogP contribution in [0.25, 0.3) is 104 Å². The number of nitrogens with zero attached hydrogens (tertiary/aromatic N) is 3. The summed E-state index contributed by atoms with van der Waals surface area (Å²) in [6.45, 7) is 6.97. The molecule has 5 nitrogen and oxygen atoms in total. The summed E-state index contributed by atoms with van der Waals surface area (Å²) < 4.78 is 15.9. The number of fused-ring (bicyclic) bond motifs is 14. The molecule has 0 aliphatic rings. The fourth-order valence-corrected chi connectivity index (χ4v) is 11.5. The molecule has 0 spiro atoms. The van der Waals surface area contributed by atoms with Crippen LogP contribution in [0.3, 0.4) is 0 Å². The van der Waals surface area contributed by atoms with E-state index >= 15 is 0 Å². The number of anilines is 6. The Kier molecular flexibility index (Phi) is 8.27. The first-order valence-corrected chi connectivity index (χ1v) is 24.5. The van der Waals surface area contributed by atoms with E-state index in [1.54, 1.807) is 0 Å². The Bertz CT molecular complexity index is 4350. The van der Waals surface area contributed by atoms with Crippen LogP contribution >= 0.6 is 0 Å². The van der Waals surface area contributed by atoms with Crippen molar-refractivity contribution in [2.24, 2.45) is 0 Å². The summed E-state index contributed by atoms with van der Waals surface area (Å²) in [5.74, 6) is 0. The van der Waals surface area contributed by atoms with Gasteiger partial charge in [-0.25, -0.2) is 0 Å². The fraction of sp³-hybridized carbons (Fsp3) is 0.0606. The standard InChI is InChI=1S/C66H45N3O2/c1-66(2,3)44-38-55-53-34-40-28-30-47(67(45-16-6-4-7-17-45)57-24-14-22-51-49-20-10-12-26-61(49)70-64(51)57)32-42(40)36-59(53)69-60-37-43-33-48(31-29-41(43)35-54(60)56(39-44)63(55)69)68(46-18-8-5-9-19-46)58-25-15-23-52-50-21-11-13-27-62(50)71-65(52)58/h4-39H,1-3H3. The quantitative estimate of drug-likeness (QED) is 0.167. The van der Waals surface area contributed by atoms with E-state index in [0.29, 0.717) is 0 Å². The van der Waals surface area contributed by atoms with E-state index in [9.17, 15) is 0 Å². The van der Waals surface area contributed by atoms with Crippen LogP contribution in [0, 0.1) is 0 Å². The second-order valence-corrected chi connectivity index (χ2v) is 20.2. The van der Waals surface area contributed by atoms with Crippen molar-refractivity contribution < 1.29 is 8.83 Å². The molecule has 0 bridgehead atoms. The second-order valence-electron chi connectivity index (χ2n) is 20.2. The molecule has 11 aromatic carbocycles. The van der Waals surface area contributed by atoms with Gasteiger partial charge in [-0.05, 0) is 142 Å². The molecule has 0 saturated carbocycles. The van der Waals surface area contributed by atoms with Crippen molar-refractivity contribution in [3.8, 4) is 0 Å². The average molecular weight is 912 g/mol. The Hall–Kier alpha value is -9.06. The second kappa shape index (κ2) is 14.7. The van der Waals surface area contributed by atoms with Crippen LogP contribution in [0.1, 0.15) is 26.3 Å². The van der Waals surface area contributed by atoms with Gasteiger partial charge in [-0.2, -0.15) is 0 Å². The smallest absolute Gasteiger partial charge is 0.159 e. The van der Waals surface area contributed by atoms with E-state index in [2.05, 4.69) is 241 Å². The maximum absolute atomic E-state index is 6.66. The van der Waals surface area contributed by atoms with Crippen molar-refractivity contribution in [2.75, 3.05) is 9.80 Å². The van der Waals surface area contributed by atoms with Crippen molar-refractivity contribution in [3.63, 3.8) is 0 Å². The molecule has 4 aromatic heterocycles. The van der Waals surface area contributed by atoms with Crippen molar-refractivity contribution >= 4 is 138 Å². The van der Waals surface area contributed by atoms with Crippen LogP contribution in [-0.2, 0) is 5.41 Å². The van der Waals surface area contributed by atoms with Gasteiger partial charge in [-0.3, -0.25) is 0 Å². The Labute approximate surface area is 408 Å². The third-order valence-electron chi connectivity index (χ3n) is 14.9. The van der Waals surface area contributed by atoms with Crippen molar-refractivity contribution in [2.45, 2.75) is 26.2 Å².